The molecule has 0 aromatic rings. The zero-order valence-electron chi connectivity index (χ0n) is 10.2. The third-order valence-electron chi connectivity index (χ3n) is 2.94. The summed E-state index contributed by atoms with van der Waals surface area (Å²) in [5.41, 5.74) is 0. The largest absolute Gasteiger partial charge is 0.481 e. The maximum atomic E-state index is 11.6. The van der Waals surface area contributed by atoms with Crippen molar-refractivity contribution in [1.29, 1.82) is 0 Å². The molecular formula is C11H18N2O4. The van der Waals surface area contributed by atoms with Crippen LogP contribution in [0.1, 0.15) is 19.3 Å². The lowest BCUT2D eigenvalue weighted by molar-refractivity contribution is -0.147. The number of hydrogen-bond donors (Lipinski definition) is 1. The van der Waals surface area contributed by atoms with Crippen molar-refractivity contribution in [2.24, 2.45) is 5.92 Å². The predicted molar refractivity (Wildman–Crippen MR) is 60.3 cm³/mol. The predicted octanol–water partition coefficient (Wildman–Crippen LogP) is -0.212. The minimum absolute atomic E-state index is 0.0600. The Hall–Kier alpha value is -1.59. The number of hydrogen-bond acceptors (Lipinski definition) is 3. The summed E-state index contributed by atoms with van der Waals surface area (Å²) in [6, 6.07) is 0. The van der Waals surface area contributed by atoms with Crippen molar-refractivity contribution in [1.82, 2.24) is 9.80 Å². The molecule has 1 aliphatic rings. The Morgan fingerprint density at radius 2 is 2.12 bits per heavy atom. The van der Waals surface area contributed by atoms with Gasteiger partial charge in [0.2, 0.25) is 11.8 Å². The highest BCUT2D eigenvalue weighted by Gasteiger charge is 2.30. The molecule has 0 spiro atoms. The van der Waals surface area contributed by atoms with E-state index < -0.39 is 11.9 Å². The lowest BCUT2D eigenvalue weighted by atomic mass is 9.97. The Balaban J connectivity index is 2.48. The summed E-state index contributed by atoms with van der Waals surface area (Å²) in [5.74, 6) is -1.49. The van der Waals surface area contributed by atoms with Crippen molar-refractivity contribution in [2.45, 2.75) is 19.3 Å². The number of nitrogens with zero attached hydrogens (tertiary/aromatic N) is 2. The standard InChI is InChI=1S/C11H18N2O4/c1-12(2)9(14)5-6-13-7-8(11(16)17)3-4-10(13)15/h8H,3-7H2,1-2H3,(H,16,17). The minimum Gasteiger partial charge on any atom is -0.481 e. The second-order valence-electron chi connectivity index (χ2n) is 4.45. The second-order valence-corrected chi connectivity index (χ2v) is 4.45. The van der Waals surface area contributed by atoms with E-state index in [9.17, 15) is 14.4 Å². The zero-order valence-corrected chi connectivity index (χ0v) is 10.2. The first-order valence-electron chi connectivity index (χ1n) is 5.62. The molecule has 17 heavy (non-hydrogen) atoms. The summed E-state index contributed by atoms with van der Waals surface area (Å²) in [5, 5.41) is 8.89. The molecule has 0 aromatic carbocycles. The van der Waals surface area contributed by atoms with E-state index in [2.05, 4.69) is 0 Å². The van der Waals surface area contributed by atoms with Gasteiger partial charge in [0, 0.05) is 40.0 Å². The van der Waals surface area contributed by atoms with Crippen LogP contribution in [0.3, 0.4) is 0 Å². The van der Waals surface area contributed by atoms with Crippen LogP contribution in [0.15, 0.2) is 0 Å². The fourth-order valence-electron chi connectivity index (χ4n) is 1.79. The molecule has 6 nitrogen and oxygen atoms in total. The topological polar surface area (TPSA) is 77.9 Å². The molecule has 96 valence electrons. The number of carbonyl (C=O) groups excluding carboxylic acids is 2. The molecule has 0 saturated carbocycles. The van der Waals surface area contributed by atoms with Crippen molar-refractivity contribution < 1.29 is 19.5 Å². The number of likely N-dealkylation sites (tertiary alicyclic amines) is 1. The number of piperidine rings is 1. The van der Waals surface area contributed by atoms with Gasteiger partial charge in [-0.3, -0.25) is 14.4 Å². The summed E-state index contributed by atoms with van der Waals surface area (Å²) in [6.07, 6.45) is 0.893. The van der Waals surface area contributed by atoms with Gasteiger partial charge in [0.15, 0.2) is 0 Å². The highest BCUT2D eigenvalue weighted by atomic mass is 16.4. The molecule has 1 aliphatic heterocycles. The molecule has 1 saturated heterocycles. The fraction of sp³-hybridized carbons (Fsp3) is 0.727. The first kappa shape index (κ1) is 13.5. The van der Waals surface area contributed by atoms with E-state index in [1.54, 1.807) is 14.1 Å². The fourth-order valence-corrected chi connectivity index (χ4v) is 1.79. The molecular weight excluding hydrogens is 224 g/mol. The van der Waals surface area contributed by atoms with Crippen molar-refractivity contribution in [2.75, 3.05) is 27.2 Å². The smallest absolute Gasteiger partial charge is 0.308 e. The maximum absolute atomic E-state index is 11.6. The highest BCUT2D eigenvalue weighted by molar-refractivity contribution is 5.81. The van der Waals surface area contributed by atoms with E-state index in [0.29, 0.717) is 13.0 Å². The number of carboxylic acid groups (broad SMARTS) is 1. The molecule has 1 rings (SSSR count). The third-order valence-corrected chi connectivity index (χ3v) is 2.94. The second kappa shape index (κ2) is 5.65. The SMILES string of the molecule is CN(C)C(=O)CCN1CC(C(=O)O)CCC1=O. The maximum Gasteiger partial charge on any atom is 0.308 e. The molecule has 2 amide bonds. The third kappa shape index (κ3) is 3.72. The Labute approximate surface area is 100 Å². The summed E-state index contributed by atoms with van der Waals surface area (Å²) in [7, 11) is 3.31. The Kier molecular flexibility index (Phi) is 4.48. The van der Waals surface area contributed by atoms with Crippen LogP contribution in [0.2, 0.25) is 0 Å². The van der Waals surface area contributed by atoms with Crippen LogP contribution in [0.5, 0.6) is 0 Å². The van der Waals surface area contributed by atoms with E-state index in [1.165, 1.54) is 9.80 Å². The normalized spacial score (nSPS) is 20.2. The lowest BCUT2D eigenvalue weighted by Gasteiger charge is -2.30. The average molecular weight is 242 g/mol. The van der Waals surface area contributed by atoms with Gasteiger partial charge in [0.1, 0.15) is 0 Å². The van der Waals surface area contributed by atoms with E-state index in [1.807, 2.05) is 0 Å². The summed E-state index contributed by atoms with van der Waals surface area (Å²) in [6.45, 7) is 0.522. The number of rotatable bonds is 4. The van der Waals surface area contributed by atoms with Crippen LogP contribution < -0.4 is 0 Å². The Morgan fingerprint density at radius 1 is 1.47 bits per heavy atom. The van der Waals surface area contributed by atoms with Gasteiger partial charge in [0.25, 0.3) is 0 Å². The quantitative estimate of drug-likeness (QED) is 0.739. The van der Waals surface area contributed by atoms with Gasteiger partial charge in [-0.05, 0) is 6.42 Å². The molecule has 1 heterocycles. The van der Waals surface area contributed by atoms with Gasteiger partial charge in [-0.15, -0.1) is 0 Å². The summed E-state index contributed by atoms with van der Waals surface area (Å²) < 4.78 is 0. The van der Waals surface area contributed by atoms with E-state index in [4.69, 9.17) is 5.11 Å². The number of carbonyl (C=O) groups is 3. The van der Waals surface area contributed by atoms with Gasteiger partial charge in [-0.1, -0.05) is 0 Å². The molecule has 6 heteroatoms. The Bertz CT molecular complexity index is 327. The van der Waals surface area contributed by atoms with Crippen LogP contribution >= 0.6 is 0 Å². The van der Waals surface area contributed by atoms with Crippen LogP contribution in [-0.4, -0.2) is 59.9 Å². The minimum atomic E-state index is -0.874. The van der Waals surface area contributed by atoms with Crippen LogP contribution in [0.4, 0.5) is 0 Å². The van der Waals surface area contributed by atoms with Crippen LogP contribution in [-0.2, 0) is 14.4 Å². The first-order chi connectivity index (χ1) is 7.91. The van der Waals surface area contributed by atoms with Gasteiger partial charge in [0.05, 0.1) is 5.92 Å². The number of amides is 2. The van der Waals surface area contributed by atoms with Crippen LogP contribution in [0.25, 0.3) is 0 Å². The van der Waals surface area contributed by atoms with Crippen molar-refractivity contribution >= 4 is 17.8 Å². The zero-order chi connectivity index (χ0) is 13.0. The van der Waals surface area contributed by atoms with Crippen molar-refractivity contribution in [3.05, 3.63) is 0 Å². The van der Waals surface area contributed by atoms with Crippen LogP contribution in [0, 0.1) is 5.92 Å². The van der Waals surface area contributed by atoms with Gasteiger partial charge in [-0.2, -0.15) is 0 Å². The van der Waals surface area contributed by atoms with Gasteiger partial charge in [-0.25, -0.2) is 0 Å². The van der Waals surface area contributed by atoms with Crippen molar-refractivity contribution in [3.63, 3.8) is 0 Å². The molecule has 1 unspecified atom stereocenters. The molecule has 0 radical (unpaired) electrons. The average Bonchev–Trinajstić information content (AvgIpc) is 2.26. The molecule has 1 atom stereocenters. The monoisotopic (exact) mass is 242 g/mol. The molecule has 0 aromatic heterocycles. The number of carboxylic acids is 1. The molecule has 1 fully saturated rings. The highest BCUT2D eigenvalue weighted by Crippen LogP contribution is 2.17. The first-order valence-corrected chi connectivity index (χ1v) is 5.62. The Morgan fingerprint density at radius 3 is 2.65 bits per heavy atom. The van der Waals surface area contributed by atoms with E-state index >= 15 is 0 Å². The lowest BCUT2D eigenvalue weighted by Crippen LogP contribution is -2.44. The molecule has 0 aliphatic carbocycles. The van der Waals surface area contributed by atoms with Gasteiger partial charge >= 0.3 is 5.97 Å². The summed E-state index contributed by atoms with van der Waals surface area (Å²) in [4.78, 5) is 36.7. The molecule has 1 N–H and O–H groups in total. The van der Waals surface area contributed by atoms with E-state index in [0.717, 1.165) is 0 Å². The number of aliphatic carboxylic acids is 1. The van der Waals surface area contributed by atoms with E-state index in [-0.39, 0.29) is 31.2 Å². The molecule has 0 bridgehead atoms. The van der Waals surface area contributed by atoms with Crippen molar-refractivity contribution in [3.8, 4) is 0 Å². The summed E-state index contributed by atoms with van der Waals surface area (Å²) >= 11 is 0. The van der Waals surface area contributed by atoms with Gasteiger partial charge < -0.3 is 14.9 Å².